The van der Waals surface area contributed by atoms with E-state index in [1.54, 1.807) is 0 Å². The zero-order valence-corrected chi connectivity index (χ0v) is 7.74. The van der Waals surface area contributed by atoms with E-state index < -0.39 is 0 Å². The molecule has 12 heavy (non-hydrogen) atoms. The number of likely N-dealkylation sites (tertiary alicyclic amines) is 1. The van der Waals surface area contributed by atoms with Gasteiger partial charge < -0.3 is 15.1 Å². The average molecular weight is 173 g/mol. The molecule has 3 heteroatoms. The first-order valence-corrected chi connectivity index (χ1v) is 4.73. The van der Waals surface area contributed by atoms with Gasteiger partial charge in [-0.2, -0.15) is 0 Å². The second kappa shape index (κ2) is 4.80. The molecule has 1 fully saturated rings. The first kappa shape index (κ1) is 9.96. The van der Waals surface area contributed by atoms with Crippen molar-refractivity contribution < 1.29 is 10.2 Å². The lowest BCUT2D eigenvalue weighted by Gasteiger charge is -2.32. The van der Waals surface area contributed by atoms with E-state index in [2.05, 4.69) is 4.90 Å². The molecule has 0 amide bonds. The van der Waals surface area contributed by atoms with E-state index in [1.165, 1.54) is 0 Å². The average Bonchev–Trinajstić information content (AvgIpc) is 2.03. The minimum Gasteiger partial charge on any atom is -0.396 e. The van der Waals surface area contributed by atoms with Crippen LogP contribution in [0.5, 0.6) is 0 Å². The molecular formula is C9H19NO2. The molecule has 1 heterocycles. The maximum absolute atomic E-state index is 9.16. The van der Waals surface area contributed by atoms with Gasteiger partial charge >= 0.3 is 0 Å². The highest BCUT2D eigenvalue weighted by Crippen LogP contribution is 2.15. The van der Waals surface area contributed by atoms with Crippen molar-refractivity contribution in [3.8, 4) is 0 Å². The molecule has 1 aliphatic heterocycles. The van der Waals surface area contributed by atoms with Crippen LogP contribution in [0.4, 0.5) is 0 Å². The number of hydrogen-bond donors (Lipinski definition) is 2. The minimum absolute atomic E-state index is 0.248. The van der Waals surface area contributed by atoms with Gasteiger partial charge in [-0.25, -0.2) is 0 Å². The third-order valence-corrected chi connectivity index (χ3v) is 2.38. The number of piperidine rings is 1. The van der Waals surface area contributed by atoms with Gasteiger partial charge in [-0.15, -0.1) is 0 Å². The molecular weight excluding hydrogens is 154 g/mol. The molecule has 1 unspecified atom stereocenters. The third kappa shape index (κ3) is 3.09. The molecule has 0 aromatic heterocycles. The summed E-state index contributed by atoms with van der Waals surface area (Å²) in [5, 5.41) is 18.1. The predicted molar refractivity (Wildman–Crippen MR) is 47.9 cm³/mol. The SMILES string of the molecule is C[C@H](O)CN1CCCC(CO)C1. The van der Waals surface area contributed by atoms with Crippen molar-refractivity contribution in [2.24, 2.45) is 5.92 Å². The Morgan fingerprint density at radius 3 is 2.92 bits per heavy atom. The molecule has 0 saturated carbocycles. The van der Waals surface area contributed by atoms with Gasteiger partial charge in [-0.05, 0) is 32.2 Å². The van der Waals surface area contributed by atoms with E-state index >= 15 is 0 Å². The first-order chi connectivity index (χ1) is 5.72. The van der Waals surface area contributed by atoms with E-state index in [-0.39, 0.29) is 12.7 Å². The van der Waals surface area contributed by atoms with Crippen molar-refractivity contribution in [2.45, 2.75) is 25.9 Å². The van der Waals surface area contributed by atoms with Crippen LogP contribution in [0, 0.1) is 5.92 Å². The highest BCUT2D eigenvalue weighted by Gasteiger charge is 2.19. The van der Waals surface area contributed by atoms with Crippen molar-refractivity contribution in [3.63, 3.8) is 0 Å². The molecule has 72 valence electrons. The van der Waals surface area contributed by atoms with Gasteiger partial charge in [0, 0.05) is 19.7 Å². The fourth-order valence-electron chi connectivity index (χ4n) is 1.84. The summed E-state index contributed by atoms with van der Waals surface area (Å²) in [4.78, 5) is 2.23. The fourth-order valence-corrected chi connectivity index (χ4v) is 1.84. The summed E-state index contributed by atoms with van der Waals surface area (Å²) in [6.07, 6.45) is 2.03. The Morgan fingerprint density at radius 2 is 2.33 bits per heavy atom. The third-order valence-electron chi connectivity index (χ3n) is 2.38. The second-order valence-electron chi connectivity index (χ2n) is 3.80. The minimum atomic E-state index is -0.248. The van der Waals surface area contributed by atoms with Crippen LogP contribution in [0.2, 0.25) is 0 Å². The lowest BCUT2D eigenvalue weighted by molar-refractivity contribution is 0.0754. The zero-order chi connectivity index (χ0) is 8.97. The van der Waals surface area contributed by atoms with Crippen LogP contribution in [-0.4, -0.2) is 47.5 Å². The Kier molecular flexibility index (Phi) is 3.98. The summed E-state index contributed by atoms with van der Waals surface area (Å²) in [6, 6.07) is 0. The summed E-state index contributed by atoms with van der Waals surface area (Å²) in [5.41, 5.74) is 0. The molecule has 0 aliphatic carbocycles. The van der Waals surface area contributed by atoms with Gasteiger partial charge in [0.25, 0.3) is 0 Å². The van der Waals surface area contributed by atoms with Crippen molar-refractivity contribution in [1.29, 1.82) is 0 Å². The topological polar surface area (TPSA) is 43.7 Å². The van der Waals surface area contributed by atoms with Crippen molar-refractivity contribution in [1.82, 2.24) is 4.90 Å². The fraction of sp³-hybridized carbons (Fsp3) is 1.00. The molecule has 1 saturated heterocycles. The van der Waals surface area contributed by atoms with Crippen LogP contribution in [0.1, 0.15) is 19.8 Å². The molecule has 3 nitrogen and oxygen atoms in total. The standard InChI is InChI=1S/C9H19NO2/c1-8(12)5-10-4-2-3-9(6-10)7-11/h8-9,11-12H,2-7H2,1H3/t8-,9?/m0/s1. The molecule has 0 aromatic rings. The van der Waals surface area contributed by atoms with Crippen LogP contribution in [0.25, 0.3) is 0 Å². The van der Waals surface area contributed by atoms with Gasteiger partial charge in [0.15, 0.2) is 0 Å². The van der Waals surface area contributed by atoms with Crippen molar-refractivity contribution in [3.05, 3.63) is 0 Å². The molecule has 2 atom stereocenters. The number of aliphatic hydroxyl groups is 2. The largest absolute Gasteiger partial charge is 0.396 e. The van der Waals surface area contributed by atoms with E-state index in [0.29, 0.717) is 5.92 Å². The molecule has 0 radical (unpaired) electrons. The zero-order valence-electron chi connectivity index (χ0n) is 7.74. The maximum Gasteiger partial charge on any atom is 0.0639 e. The van der Waals surface area contributed by atoms with Gasteiger partial charge in [0.1, 0.15) is 0 Å². The number of nitrogens with zero attached hydrogens (tertiary/aromatic N) is 1. The normalized spacial score (nSPS) is 28.8. The van der Waals surface area contributed by atoms with Crippen molar-refractivity contribution in [2.75, 3.05) is 26.2 Å². The summed E-state index contributed by atoms with van der Waals surface area (Å²) in [7, 11) is 0. The van der Waals surface area contributed by atoms with Gasteiger partial charge in [-0.1, -0.05) is 0 Å². The van der Waals surface area contributed by atoms with E-state index in [1.807, 2.05) is 6.92 Å². The summed E-state index contributed by atoms with van der Waals surface area (Å²) >= 11 is 0. The van der Waals surface area contributed by atoms with Gasteiger partial charge in [0.2, 0.25) is 0 Å². The lowest BCUT2D eigenvalue weighted by atomic mass is 9.99. The quantitative estimate of drug-likeness (QED) is 0.635. The second-order valence-corrected chi connectivity index (χ2v) is 3.80. The van der Waals surface area contributed by atoms with Crippen LogP contribution in [0.15, 0.2) is 0 Å². The lowest BCUT2D eigenvalue weighted by Crippen LogP contribution is -2.40. The number of rotatable bonds is 3. The number of hydrogen-bond acceptors (Lipinski definition) is 3. The van der Waals surface area contributed by atoms with E-state index in [4.69, 9.17) is 10.2 Å². The van der Waals surface area contributed by atoms with Crippen molar-refractivity contribution >= 4 is 0 Å². The Labute approximate surface area is 74.0 Å². The van der Waals surface area contributed by atoms with Crippen LogP contribution in [0.3, 0.4) is 0 Å². The van der Waals surface area contributed by atoms with E-state index in [0.717, 1.165) is 32.5 Å². The summed E-state index contributed by atoms with van der Waals surface area (Å²) in [5.74, 6) is 0.428. The molecule has 1 rings (SSSR count). The Hall–Kier alpha value is -0.120. The predicted octanol–water partition coefficient (Wildman–Crippen LogP) is 0.0715. The van der Waals surface area contributed by atoms with E-state index in [9.17, 15) is 0 Å². The Bertz CT molecular complexity index is 128. The van der Waals surface area contributed by atoms with Gasteiger partial charge in [0.05, 0.1) is 6.10 Å². The molecule has 1 aliphatic rings. The molecule has 0 spiro atoms. The molecule has 2 N–H and O–H groups in total. The summed E-state index contributed by atoms with van der Waals surface area (Å²) in [6.45, 7) is 4.86. The van der Waals surface area contributed by atoms with Crippen LogP contribution in [-0.2, 0) is 0 Å². The number of aliphatic hydroxyl groups excluding tert-OH is 2. The Balaban J connectivity index is 2.25. The number of β-amino-alcohol motifs (C(OH)–C–C–N with tert-alkyl or cyclic N) is 1. The van der Waals surface area contributed by atoms with Crippen LogP contribution >= 0.6 is 0 Å². The maximum atomic E-state index is 9.16. The monoisotopic (exact) mass is 173 g/mol. The smallest absolute Gasteiger partial charge is 0.0639 e. The van der Waals surface area contributed by atoms with Crippen LogP contribution < -0.4 is 0 Å². The highest BCUT2D eigenvalue weighted by molar-refractivity contribution is 4.73. The molecule has 0 bridgehead atoms. The van der Waals surface area contributed by atoms with Gasteiger partial charge in [-0.3, -0.25) is 0 Å². The molecule has 0 aromatic carbocycles. The highest BCUT2D eigenvalue weighted by atomic mass is 16.3. The Morgan fingerprint density at radius 1 is 1.58 bits per heavy atom. The summed E-state index contributed by atoms with van der Waals surface area (Å²) < 4.78 is 0. The first-order valence-electron chi connectivity index (χ1n) is 4.73.